The van der Waals surface area contributed by atoms with Crippen molar-refractivity contribution in [1.82, 2.24) is 20.5 Å². The minimum Gasteiger partial charge on any atom is -0.496 e. The molecule has 0 saturated carbocycles. The summed E-state index contributed by atoms with van der Waals surface area (Å²) in [5.74, 6) is 1.43. The van der Waals surface area contributed by atoms with Crippen molar-refractivity contribution in [3.8, 4) is 17.1 Å². The van der Waals surface area contributed by atoms with Gasteiger partial charge in [0.2, 0.25) is 11.9 Å². The van der Waals surface area contributed by atoms with Gasteiger partial charge in [0.1, 0.15) is 5.75 Å². The molecule has 110 valence electrons. The molecule has 2 heterocycles. The molecule has 1 fully saturated rings. The van der Waals surface area contributed by atoms with Crippen molar-refractivity contribution in [2.24, 2.45) is 0 Å². The summed E-state index contributed by atoms with van der Waals surface area (Å²) in [5, 5.41) is 12.7. The van der Waals surface area contributed by atoms with Crippen LogP contribution in [0.15, 0.2) is 24.3 Å². The molecule has 0 radical (unpaired) electrons. The third-order valence-corrected chi connectivity index (χ3v) is 3.46. The number of para-hydroxylation sites is 1. The van der Waals surface area contributed by atoms with Crippen molar-refractivity contribution < 1.29 is 9.53 Å². The molecule has 1 unspecified atom stereocenters. The lowest BCUT2D eigenvalue weighted by molar-refractivity contribution is -0.117. The van der Waals surface area contributed by atoms with Gasteiger partial charge in [-0.25, -0.2) is 0 Å². The first kappa shape index (κ1) is 13.6. The van der Waals surface area contributed by atoms with Gasteiger partial charge in [-0.3, -0.25) is 15.2 Å². The highest BCUT2D eigenvalue weighted by Gasteiger charge is 2.23. The highest BCUT2D eigenvalue weighted by molar-refractivity contribution is 5.93. The lowest BCUT2D eigenvalue weighted by Crippen LogP contribution is -2.35. The van der Waals surface area contributed by atoms with Crippen LogP contribution in [0.5, 0.6) is 5.75 Å². The summed E-state index contributed by atoms with van der Waals surface area (Å²) < 4.78 is 5.29. The van der Waals surface area contributed by atoms with Crippen LogP contribution in [-0.2, 0) is 4.79 Å². The second-order valence-electron chi connectivity index (χ2n) is 4.85. The van der Waals surface area contributed by atoms with E-state index in [4.69, 9.17) is 4.74 Å². The fourth-order valence-electron chi connectivity index (χ4n) is 2.38. The quantitative estimate of drug-likeness (QED) is 0.785. The predicted octanol–water partition coefficient (Wildman–Crippen LogP) is 1.17. The Morgan fingerprint density at radius 1 is 1.43 bits per heavy atom. The maximum atomic E-state index is 12.0. The number of carbonyl (C=O) groups excluding carboxylic acids is 1. The predicted molar refractivity (Wildman–Crippen MR) is 78.0 cm³/mol. The monoisotopic (exact) mass is 287 g/mol. The van der Waals surface area contributed by atoms with E-state index in [0.717, 1.165) is 24.9 Å². The number of anilines is 1. The van der Waals surface area contributed by atoms with Crippen LogP contribution in [0, 0.1) is 0 Å². The fourth-order valence-corrected chi connectivity index (χ4v) is 2.38. The highest BCUT2D eigenvalue weighted by Crippen LogP contribution is 2.27. The van der Waals surface area contributed by atoms with Crippen molar-refractivity contribution >= 4 is 11.9 Å². The van der Waals surface area contributed by atoms with Gasteiger partial charge in [-0.1, -0.05) is 12.1 Å². The molecule has 1 atom stereocenters. The summed E-state index contributed by atoms with van der Waals surface area (Å²) in [6.07, 6.45) is 1.86. The summed E-state index contributed by atoms with van der Waals surface area (Å²) >= 11 is 0. The van der Waals surface area contributed by atoms with Gasteiger partial charge >= 0.3 is 0 Å². The first-order valence-electron chi connectivity index (χ1n) is 6.88. The van der Waals surface area contributed by atoms with E-state index in [-0.39, 0.29) is 17.9 Å². The van der Waals surface area contributed by atoms with Gasteiger partial charge in [0, 0.05) is 0 Å². The first-order valence-corrected chi connectivity index (χ1v) is 6.88. The van der Waals surface area contributed by atoms with Gasteiger partial charge in [-0.2, -0.15) is 4.98 Å². The van der Waals surface area contributed by atoms with E-state index in [9.17, 15) is 4.79 Å². The number of benzene rings is 1. The third-order valence-electron chi connectivity index (χ3n) is 3.46. The number of rotatable bonds is 4. The molecule has 1 amide bonds. The number of carbonyl (C=O) groups is 1. The van der Waals surface area contributed by atoms with E-state index < -0.39 is 0 Å². The standard InChI is InChI=1S/C14H17N5O2/c1-21-11-7-3-2-5-9(11)12-16-14(19-18-12)17-13(20)10-6-4-8-15-10/h2-3,5,7,10,15H,4,6,8H2,1H3,(H2,16,17,18,19,20). The normalized spacial score (nSPS) is 17.7. The van der Waals surface area contributed by atoms with Crippen molar-refractivity contribution in [1.29, 1.82) is 0 Å². The van der Waals surface area contributed by atoms with Gasteiger partial charge in [-0.05, 0) is 31.5 Å². The van der Waals surface area contributed by atoms with Crippen LogP contribution in [0.4, 0.5) is 5.95 Å². The number of nitrogens with one attached hydrogen (secondary N) is 3. The zero-order valence-electron chi connectivity index (χ0n) is 11.7. The summed E-state index contributed by atoms with van der Waals surface area (Å²) in [7, 11) is 1.60. The Morgan fingerprint density at radius 3 is 3.05 bits per heavy atom. The minimum absolute atomic E-state index is 0.0990. The lowest BCUT2D eigenvalue weighted by Gasteiger charge is -2.07. The number of hydrogen-bond acceptors (Lipinski definition) is 5. The van der Waals surface area contributed by atoms with Gasteiger partial charge in [0.05, 0.1) is 18.7 Å². The molecule has 1 aromatic heterocycles. The van der Waals surface area contributed by atoms with Crippen LogP contribution in [-0.4, -0.2) is 40.8 Å². The largest absolute Gasteiger partial charge is 0.496 e. The van der Waals surface area contributed by atoms with Crippen molar-refractivity contribution in [3.05, 3.63) is 24.3 Å². The van der Waals surface area contributed by atoms with E-state index in [2.05, 4.69) is 25.8 Å². The summed E-state index contributed by atoms with van der Waals surface area (Å²) in [5.41, 5.74) is 0.798. The number of ether oxygens (including phenoxy) is 1. The van der Waals surface area contributed by atoms with E-state index in [1.54, 1.807) is 7.11 Å². The van der Waals surface area contributed by atoms with Crippen LogP contribution >= 0.6 is 0 Å². The molecule has 3 rings (SSSR count). The minimum atomic E-state index is -0.154. The SMILES string of the molecule is COc1ccccc1-c1nc(NC(=O)C2CCCN2)n[nH]1. The van der Waals surface area contributed by atoms with Gasteiger partial charge in [0.15, 0.2) is 5.82 Å². The zero-order valence-corrected chi connectivity index (χ0v) is 11.7. The van der Waals surface area contributed by atoms with Crippen molar-refractivity contribution in [2.75, 3.05) is 19.0 Å². The number of amides is 1. The molecule has 3 N–H and O–H groups in total. The van der Waals surface area contributed by atoms with E-state index in [1.165, 1.54) is 0 Å². The molecule has 0 aliphatic carbocycles. The van der Waals surface area contributed by atoms with Crippen molar-refractivity contribution in [3.63, 3.8) is 0 Å². The Bertz CT molecular complexity index is 634. The third kappa shape index (κ3) is 2.87. The van der Waals surface area contributed by atoms with E-state index in [0.29, 0.717) is 11.6 Å². The Hall–Kier alpha value is -2.41. The Labute approximate surface area is 122 Å². The molecular weight excluding hydrogens is 270 g/mol. The van der Waals surface area contributed by atoms with Crippen LogP contribution in [0.1, 0.15) is 12.8 Å². The summed E-state index contributed by atoms with van der Waals surface area (Å²) in [6.45, 7) is 0.874. The smallest absolute Gasteiger partial charge is 0.249 e. The topological polar surface area (TPSA) is 91.9 Å². The van der Waals surface area contributed by atoms with Crippen LogP contribution in [0.3, 0.4) is 0 Å². The van der Waals surface area contributed by atoms with Gasteiger partial charge < -0.3 is 10.1 Å². The Kier molecular flexibility index (Phi) is 3.83. The maximum Gasteiger partial charge on any atom is 0.249 e. The molecule has 0 spiro atoms. The summed E-state index contributed by atoms with van der Waals surface area (Å²) in [6, 6.07) is 7.34. The average Bonchev–Trinajstić information content (AvgIpc) is 3.18. The Morgan fingerprint density at radius 2 is 2.29 bits per heavy atom. The molecule has 2 aromatic rings. The molecule has 1 aliphatic rings. The van der Waals surface area contributed by atoms with Gasteiger partial charge in [0.25, 0.3) is 0 Å². The lowest BCUT2D eigenvalue weighted by atomic mass is 10.2. The van der Waals surface area contributed by atoms with Crippen molar-refractivity contribution in [2.45, 2.75) is 18.9 Å². The number of H-pyrrole nitrogens is 1. The number of aromatic amines is 1. The number of methoxy groups -OCH3 is 1. The molecule has 1 aromatic carbocycles. The van der Waals surface area contributed by atoms with Crippen LogP contribution in [0.25, 0.3) is 11.4 Å². The molecule has 0 bridgehead atoms. The fraction of sp³-hybridized carbons (Fsp3) is 0.357. The van der Waals surface area contributed by atoms with Crippen LogP contribution < -0.4 is 15.4 Å². The first-order chi connectivity index (χ1) is 10.3. The number of hydrogen-bond donors (Lipinski definition) is 3. The average molecular weight is 287 g/mol. The molecule has 7 heteroatoms. The number of aromatic nitrogens is 3. The zero-order chi connectivity index (χ0) is 14.7. The molecule has 1 saturated heterocycles. The second-order valence-corrected chi connectivity index (χ2v) is 4.85. The molecular formula is C14H17N5O2. The van der Waals surface area contributed by atoms with Crippen LogP contribution in [0.2, 0.25) is 0 Å². The summed E-state index contributed by atoms with van der Waals surface area (Å²) in [4.78, 5) is 16.3. The molecule has 7 nitrogen and oxygen atoms in total. The maximum absolute atomic E-state index is 12.0. The van der Waals surface area contributed by atoms with E-state index >= 15 is 0 Å². The highest BCUT2D eigenvalue weighted by atomic mass is 16.5. The number of nitrogens with zero attached hydrogens (tertiary/aromatic N) is 2. The van der Waals surface area contributed by atoms with E-state index in [1.807, 2.05) is 24.3 Å². The second kappa shape index (κ2) is 5.92. The molecule has 1 aliphatic heterocycles. The van der Waals surface area contributed by atoms with Gasteiger partial charge in [-0.15, -0.1) is 5.10 Å². The molecule has 21 heavy (non-hydrogen) atoms. The Balaban J connectivity index is 1.75.